The maximum absolute atomic E-state index is 11.2. The fourth-order valence-corrected chi connectivity index (χ4v) is 1.14. The Hall–Kier alpha value is -1.62. The van der Waals surface area contributed by atoms with E-state index in [1.165, 1.54) is 0 Å². The summed E-state index contributed by atoms with van der Waals surface area (Å²) in [5, 5.41) is 2.57. The van der Waals surface area contributed by atoms with Gasteiger partial charge in [-0.25, -0.2) is 0 Å². The first-order valence-corrected chi connectivity index (χ1v) is 4.91. The summed E-state index contributed by atoms with van der Waals surface area (Å²) < 4.78 is 0.924. The van der Waals surface area contributed by atoms with Gasteiger partial charge in [-0.3, -0.25) is 9.59 Å². The van der Waals surface area contributed by atoms with Crippen molar-refractivity contribution in [2.24, 2.45) is 5.73 Å². The van der Waals surface area contributed by atoms with Gasteiger partial charge in [-0.1, -0.05) is 15.9 Å². The van der Waals surface area contributed by atoms with Crippen molar-refractivity contribution in [3.8, 4) is 0 Å². The molecule has 0 aliphatic heterocycles. The molecule has 0 atom stereocenters. The van der Waals surface area contributed by atoms with Crippen LogP contribution in [0.2, 0.25) is 0 Å². The average Bonchev–Trinajstić information content (AvgIpc) is 2.19. The second-order valence-corrected chi connectivity index (χ2v) is 3.65. The summed E-state index contributed by atoms with van der Waals surface area (Å²) in [4.78, 5) is 21.5. The summed E-state index contributed by atoms with van der Waals surface area (Å²) in [7, 11) is 0. The van der Waals surface area contributed by atoms with Gasteiger partial charge in [0.1, 0.15) is 0 Å². The highest BCUT2D eigenvalue weighted by molar-refractivity contribution is 9.10. The number of hydrogen-bond acceptors (Lipinski definition) is 2. The summed E-state index contributed by atoms with van der Waals surface area (Å²) in [5.74, 6) is -1.04. The Balaban J connectivity index is 2.59. The predicted octanol–water partition coefficient (Wildman–Crippen LogP) is 1.43. The monoisotopic (exact) mass is 268 g/mol. The lowest BCUT2D eigenvalue weighted by atomic mass is 10.3. The fraction of sp³-hybridized carbons (Fsp3) is 0. The number of carbonyl (C=O) groups is 2. The van der Waals surface area contributed by atoms with E-state index in [2.05, 4.69) is 21.2 Å². The first-order chi connectivity index (χ1) is 7.08. The molecular weight excluding hydrogens is 260 g/mol. The van der Waals surface area contributed by atoms with Gasteiger partial charge < -0.3 is 11.1 Å². The summed E-state index contributed by atoms with van der Waals surface area (Å²) in [6.07, 6.45) is 2.10. The zero-order valence-corrected chi connectivity index (χ0v) is 9.32. The molecule has 5 heteroatoms. The third-order valence-corrected chi connectivity index (χ3v) is 2.04. The molecule has 0 spiro atoms. The van der Waals surface area contributed by atoms with E-state index in [1.807, 2.05) is 0 Å². The molecule has 0 radical (unpaired) electrons. The van der Waals surface area contributed by atoms with E-state index >= 15 is 0 Å². The molecule has 4 nitrogen and oxygen atoms in total. The van der Waals surface area contributed by atoms with Crippen LogP contribution in [0.15, 0.2) is 40.9 Å². The van der Waals surface area contributed by atoms with Gasteiger partial charge in [0, 0.05) is 22.3 Å². The molecule has 0 aromatic heterocycles. The maximum Gasteiger partial charge on any atom is 0.248 e. The highest BCUT2D eigenvalue weighted by atomic mass is 79.9. The summed E-state index contributed by atoms with van der Waals surface area (Å²) >= 11 is 3.27. The minimum atomic E-state index is -0.652. The van der Waals surface area contributed by atoms with Gasteiger partial charge in [0.25, 0.3) is 0 Å². The van der Waals surface area contributed by atoms with Gasteiger partial charge in [0.15, 0.2) is 0 Å². The van der Waals surface area contributed by atoms with Gasteiger partial charge in [-0.15, -0.1) is 0 Å². The van der Waals surface area contributed by atoms with E-state index in [1.54, 1.807) is 24.3 Å². The molecule has 0 fully saturated rings. The molecular formula is C10H9BrN2O2. The minimum Gasteiger partial charge on any atom is -0.366 e. The molecule has 0 unspecified atom stereocenters. The van der Waals surface area contributed by atoms with Crippen molar-refractivity contribution >= 4 is 33.4 Å². The van der Waals surface area contributed by atoms with E-state index in [-0.39, 0.29) is 0 Å². The zero-order valence-electron chi connectivity index (χ0n) is 7.74. The van der Waals surface area contributed by atoms with Crippen LogP contribution >= 0.6 is 15.9 Å². The minimum absolute atomic E-state index is 0.392. The lowest BCUT2D eigenvalue weighted by molar-refractivity contribution is -0.115. The molecule has 1 aromatic rings. The average molecular weight is 269 g/mol. The van der Waals surface area contributed by atoms with E-state index in [0.29, 0.717) is 5.69 Å². The van der Waals surface area contributed by atoms with Crippen LogP contribution in [0, 0.1) is 0 Å². The van der Waals surface area contributed by atoms with Gasteiger partial charge in [-0.2, -0.15) is 0 Å². The molecule has 3 N–H and O–H groups in total. The highest BCUT2D eigenvalue weighted by Crippen LogP contribution is 2.13. The molecule has 78 valence electrons. The molecule has 0 saturated heterocycles. The number of nitrogens with one attached hydrogen (secondary N) is 1. The third-order valence-electron chi connectivity index (χ3n) is 1.51. The van der Waals surface area contributed by atoms with Crippen molar-refractivity contribution in [3.05, 3.63) is 40.9 Å². The number of amides is 2. The summed E-state index contributed by atoms with van der Waals surface area (Å²) in [6.45, 7) is 0. The van der Waals surface area contributed by atoms with Crippen LogP contribution in [0.3, 0.4) is 0 Å². The molecule has 2 amide bonds. The SMILES string of the molecule is NC(=O)/C=C\C(=O)Nc1ccc(Br)cc1. The van der Waals surface area contributed by atoms with Gasteiger partial charge in [0.05, 0.1) is 0 Å². The van der Waals surface area contributed by atoms with Crippen LogP contribution in [-0.4, -0.2) is 11.8 Å². The molecule has 0 aliphatic carbocycles. The van der Waals surface area contributed by atoms with Crippen molar-refractivity contribution in [1.29, 1.82) is 0 Å². The number of rotatable bonds is 3. The predicted molar refractivity (Wildman–Crippen MR) is 61.1 cm³/mol. The van der Waals surface area contributed by atoms with Crippen LogP contribution in [0.25, 0.3) is 0 Å². The molecule has 0 aliphatic rings. The van der Waals surface area contributed by atoms with Crippen molar-refractivity contribution in [2.75, 3.05) is 5.32 Å². The Bertz CT molecular complexity index is 398. The van der Waals surface area contributed by atoms with Crippen molar-refractivity contribution in [3.63, 3.8) is 0 Å². The van der Waals surface area contributed by atoms with E-state index in [4.69, 9.17) is 5.73 Å². The van der Waals surface area contributed by atoms with Crippen LogP contribution < -0.4 is 11.1 Å². The van der Waals surface area contributed by atoms with Crippen LogP contribution in [0.1, 0.15) is 0 Å². The fourth-order valence-electron chi connectivity index (χ4n) is 0.875. The second-order valence-electron chi connectivity index (χ2n) is 2.73. The largest absolute Gasteiger partial charge is 0.366 e. The van der Waals surface area contributed by atoms with E-state index in [0.717, 1.165) is 16.6 Å². The molecule has 1 aromatic carbocycles. The lowest BCUT2D eigenvalue weighted by Crippen LogP contribution is -2.11. The Morgan fingerprint density at radius 3 is 2.33 bits per heavy atom. The Morgan fingerprint density at radius 2 is 1.80 bits per heavy atom. The normalized spacial score (nSPS) is 10.2. The number of hydrogen-bond donors (Lipinski definition) is 2. The highest BCUT2D eigenvalue weighted by Gasteiger charge is 1.97. The Morgan fingerprint density at radius 1 is 1.20 bits per heavy atom. The maximum atomic E-state index is 11.2. The number of anilines is 1. The standard InChI is InChI=1S/C10H9BrN2O2/c11-7-1-3-8(4-2-7)13-10(15)6-5-9(12)14/h1-6H,(H2,12,14)(H,13,15)/b6-5-. The molecule has 0 bridgehead atoms. The van der Waals surface area contributed by atoms with Crippen molar-refractivity contribution in [2.45, 2.75) is 0 Å². The number of benzene rings is 1. The summed E-state index contributed by atoms with van der Waals surface area (Å²) in [6, 6.07) is 7.07. The van der Waals surface area contributed by atoms with Crippen LogP contribution in [0.4, 0.5) is 5.69 Å². The number of primary amides is 1. The molecule has 0 saturated carbocycles. The number of halogens is 1. The van der Waals surface area contributed by atoms with Gasteiger partial charge in [-0.05, 0) is 24.3 Å². The van der Waals surface area contributed by atoms with Gasteiger partial charge >= 0.3 is 0 Å². The smallest absolute Gasteiger partial charge is 0.248 e. The first kappa shape index (κ1) is 11.5. The Labute approximate surface area is 95.3 Å². The first-order valence-electron chi connectivity index (χ1n) is 4.12. The Kier molecular flexibility index (Phi) is 4.05. The lowest BCUT2D eigenvalue weighted by Gasteiger charge is -2.01. The van der Waals surface area contributed by atoms with E-state index < -0.39 is 11.8 Å². The molecule has 15 heavy (non-hydrogen) atoms. The zero-order chi connectivity index (χ0) is 11.3. The van der Waals surface area contributed by atoms with Crippen LogP contribution in [-0.2, 0) is 9.59 Å². The van der Waals surface area contributed by atoms with E-state index in [9.17, 15) is 9.59 Å². The number of nitrogens with two attached hydrogens (primary N) is 1. The molecule has 0 heterocycles. The van der Waals surface area contributed by atoms with Crippen molar-refractivity contribution < 1.29 is 9.59 Å². The number of carbonyl (C=O) groups excluding carboxylic acids is 2. The summed E-state index contributed by atoms with van der Waals surface area (Å²) in [5.41, 5.74) is 5.49. The van der Waals surface area contributed by atoms with Gasteiger partial charge in [0.2, 0.25) is 11.8 Å². The third kappa shape index (κ3) is 4.42. The molecule has 1 rings (SSSR count). The van der Waals surface area contributed by atoms with Crippen molar-refractivity contribution in [1.82, 2.24) is 0 Å². The topological polar surface area (TPSA) is 72.2 Å². The quantitative estimate of drug-likeness (QED) is 0.815. The second kappa shape index (κ2) is 5.31. The van der Waals surface area contributed by atoms with Crippen LogP contribution in [0.5, 0.6) is 0 Å².